The van der Waals surface area contributed by atoms with Gasteiger partial charge in [0.25, 0.3) is 5.91 Å². The van der Waals surface area contributed by atoms with Crippen molar-refractivity contribution >= 4 is 11.6 Å². The lowest BCUT2D eigenvalue weighted by Gasteiger charge is -2.20. The molecule has 0 saturated carbocycles. The maximum absolute atomic E-state index is 12.1. The van der Waals surface area contributed by atoms with Crippen LogP contribution < -0.4 is 9.64 Å². The zero-order valence-electron chi connectivity index (χ0n) is 13.1. The monoisotopic (exact) mass is 300 g/mol. The number of carbonyl (C=O) groups is 1. The fourth-order valence-electron chi connectivity index (χ4n) is 1.97. The molecule has 0 radical (unpaired) electrons. The molecule has 1 amide bonds. The van der Waals surface area contributed by atoms with Gasteiger partial charge in [-0.15, -0.1) is 5.10 Å². The molecule has 1 aromatic carbocycles. The van der Waals surface area contributed by atoms with Crippen molar-refractivity contribution in [1.29, 1.82) is 0 Å². The van der Waals surface area contributed by atoms with E-state index >= 15 is 0 Å². The van der Waals surface area contributed by atoms with Crippen LogP contribution in [0.2, 0.25) is 0 Å². The van der Waals surface area contributed by atoms with E-state index in [1.807, 2.05) is 44.3 Å². The number of anilines is 1. The summed E-state index contributed by atoms with van der Waals surface area (Å²) in [5.41, 5.74) is 1.48. The van der Waals surface area contributed by atoms with Crippen LogP contribution in [-0.4, -0.2) is 28.0 Å². The second-order valence-corrected chi connectivity index (χ2v) is 5.11. The van der Waals surface area contributed by atoms with E-state index in [0.717, 1.165) is 17.1 Å². The Morgan fingerprint density at radius 3 is 2.59 bits per heavy atom. The Morgan fingerprint density at radius 1 is 1.41 bits per heavy atom. The third-order valence-electron chi connectivity index (χ3n) is 3.23. The van der Waals surface area contributed by atoms with Gasteiger partial charge < -0.3 is 9.64 Å². The van der Waals surface area contributed by atoms with E-state index in [9.17, 15) is 4.79 Å². The molecule has 0 fully saturated rings. The molecule has 0 spiro atoms. The summed E-state index contributed by atoms with van der Waals surface area (Å²) in [4.78, 5) is 13.7. The Bertz CT molecular complexity index is 646. The number of benzene rings is 1. The average Bonchev–Trinajstić information content (AvgIpc) is 3.01. The van der Waals surface area contributed by atoms with Gasteiger partial charge in [-0.3, -0.25) is 4.79 Å². The number of aromatic nitrogens is 3. The van der Waals surface area contributed by atoms with Gasteiger partial charge in [-0.1, -0.05) is 11.8 Å². The second kappa shape index (κ2) is 6.89. The molecule has 2 rings (SSSR count). The Labute approximate surface area is 130 Å². The zero-order valence-corrected chi connectivity index (χ0v) is 13.1. The Kier molecular flexibility index (Phi) is 4.93. The maximum Gasteiger partial charge on any atom is 0.250 e. The summed E-state index contributed by atoms with van der Waals surface area (Å²) in [5, 5.41) is 8.17. The maximum atomic E-state index is 12.1. The normalized spacial score (nSPS) is 10.5. The topological polar surface area (TPSA) is 60.2 Å². The molecule has 22 heavy (non-hydrogen) atoms. The standard InChI is InChI=1S/C16H20N4O2/c1-5-16(21)19(14-6-8-15(22-4)9-7-14)10-13-11-20(12(2)3)18-17-13/h5-9,11-12H,1,10H2,2-4H3. The summed E-state index contributed by atoms with van der Waals surface area (Å²) < 4.78 is 6.90. The minimum absolute atomic E-state index is 0.190. The van der Waals surface area contributed by atoms with E-state index in [4.69, 9.17) is 4.74 Å². The summed E-state index contributed by atoms with van der Waals surface area (Å²) in [6.45, 7) is 7.94. The van der Waals surface area contributed by atoms with E-state index in [-0.39, 0.29) is 11.9 Å². The van der Waals surface area contributed by atoms with E-state index in [1.54, 1.807) is 16.7 Å². The highest BCUT2D eigenvalue weighted by Crippen LogP contribution is 2.21. The van der Waals surface area contributed by atoms with Crippen molar-refractivity contribution in [3.8, 4) is 5.75 Å². The van der Waals surface area contributed by atoms with Crippen molar-refractivity contribution in [1.82, 2.24) is 15.0 Å². The predicted octanol–water partition coefficient (Wildman–Crippen LogP) is 2.59. The quantitative estimate of drug-likeness (QED) is 0.769. The van der Waals surface area contributed by atoms with Gasteiger partial charge in [-0.25, -0.2) is 4.68 Å². The summed E-state index contributed by atoms with van der Waals surface area (Å²) in [5.74, 6) is 0.546. The molecule has 6 nitrogen and oxygen atoms in total. The molecule has 0 bridgehead atoms. The van der Waals surface area contributed by atoms with Crippen molar-refractivity contribution in [2.75, 3.05) is 12.0 Å². The predicted molar refractivity (Wildman–Crippen MR) is 84.8 cm³/mol. The highest BCUT2D eigenvalue weighted by Gasteiger charge is 2.16. The van der Waals surface area contributed by atoms with E-state index in [1.165, 1.54) is 6.08 Å². The van der Waals surface area contributed by atoms with Crippen LogP contribution in [-0.2, 0) is 11.3 Å². The van der Waals surface area contributed by atoms with Crippen LogP contribution in [0.4, 0.5) is 5.69 Å². The lowest BCUT2D eigenvalue weighted by atomic mass is 10.2. The fourth-order valence-corrected chi connectivity index (χ4v) is 1.97. The fraction of sp³-hybridized carbons (Fsp3) is 0.312. The number of hydrogen-bond donors (Lipinski definition) is 0. The van der Waals surface area contributed by atoms with Gasteiger partial charge in [0.15, 0.2) is 0 Å². The molecule has 0 aliphatic rings. The van der Waals surface area contributed by atoms with Crippen molar-refractivity contribution in [3.63, 3.8) is 0 Å². The number of hydrogen-bond acceptors (Lipinski definition) is 4. The molecule has 1 aromatic heterocycles. The molecule has 0 N–H and O–H groups in total. The van der Waals surface area contributed by atoms with Crippen LogP contribution in [0.3, 0.4) is 0 Å². The van der Waals surface area contributed by atoms with Crippen LogP contribution >= 0.6 is 0 Å². The third-order valence-corrected chi connectivity index (χ3v) is 3.23. The lowest BCUT2D eigenvalue weighted by molar-refractivity contribution is -0.114. The molecule has 2 aromatic rings. The number of amides is 1. The molecule has 0 saturated heterocycles. The number of rotatable bonds is 6. The van der Waals surface area contributed by atoms with Crippen LogP contribution in [0, 0.1) is 0 Å². The van der Waals surface area contributed by atoms with E-state index < -0.39 is 0 Å². The van der Waals surface area contributed by atoms with Gasteiger partial charge in [-0.2, -0.15) is 0 Å². The van der Waals surface area contributed by atoms with Crippen molar-refractivity contribution in [3.05, 3.63) is 48.8 Å². The molecular formula is C16H20N4O2. The molecule has 116 valence electrons. The molecule has 0 aliphatic carbocycles. The minimum Gasteiger partial charge on any atom is -0.497 e. The number of carbonyl (C=O) groups excluding carboxylic acids is 1. The summed E-state index contributed by atoms with van der Waals surface area (Å²) in [6, 6.07) is 7.50. The van der Waals surface area contributed by atoms with E-state index in [0.29, 0.717) is 6.54 Å². The zero-order chi connectivity index (χ0) is 16.1. The Hall–Kier alpha value is -2.63. The smallest absolute Gasteiger partial charge is 0.250 e. The molecule has 1 heterocycles. The molecule has 6 heteroatoms. The molecule has 0 unspecified atom stereocenters. The van der Waals surface area contributed by atoms with Gasteiger partial charge in [0, 0.05) is 11.7 Å². The van der Waals surface area contributed by atoms with Crippen molar-refractivity contribution in [2.24, 2.45) is 0 Å². The first-order valence-electron chi connectivity index (χ1n) is 7.04. The summed E-state index contributed by atoms with van der Waals surface area (Å²) >= 11 is 0. The Balaban J connectivity index is 2.25. The lowest BCUT2D eigenvalue weighted by Crippen LogP contribution is -2.28. The van der Waals surface area contributed by atoms with Gasteiger partial charge in [-0.05, 0) is 44.2 Å². The number of nitrogens with zero attached hydrogens (tertiary/aromatic N) is 4. The van der Waals surface area contributed by atoms with Crippen molar-refractivity contribution in [2.45, 2.75) is 26.4 Å². The number of ether oxygens (including phenoxy) is 1. The van der Waals surface area contributed by atoms with E-state index in [2.05, 4.69) is 16.9 Å². The second-order valence-electron chi connectivity index (χ2n) is 5.11. The van der Waals surface area contributed by atoms with Crippen LogP contribution in [0.1, 0.15) is 25.6 Å². The Morgan fingerprint density at radius 2 is 2.09 bits per heavy atom. The van der Waals surface area contributed by atoms with Gasteiger partial charge in [0.2, 0.25) is 0 Å². The molecule has 0 atom stereocenters. The van der Waals surface area contributed by atoms with Crippen LogP contribution in [0.25, 0.3) is 0 Å². The molecular weight excluding hydrogens is 280 g/mol. The van der Waals surface area contributed by atoms with Crippen molar-refractivity contribution < 1.29 is 9.53 Å². The SMILES string of the molecule is C=CC(=O)N(Cc1cn(C(C)C)nn1)c1ccc(OC)cc1. The first-order valence-corrected chi connectivity index (χ1v) is 7.04. The first kappa shape index (κ1) is 15.8. The summed E-state index contributed by atoms with van der Waals surface area (Å²) in [7, 11) is 1.60. The molecule has 0 aliphatic heterocycles. The minimum atomic E-state index is -0.190. The highest BCUT2D eigenvalue weighted by atomic mass is 16.5. The van der Waals surface area contributed by atoms with Gasteiger partial charge in [0.05, 0.1) is 19.9 Å². The number of methoxy groups -OCH3 is 1. The van der Waals surface area contributed by atoms with Crippen LogP contribution in [0.15, 0.2) is 43.1 Å². The third kappa shape index (κ3) is 3.52. The van der Waals surface area contributed by atoms with Gasteiger partial charge >= 0.3 is 0 Å². The summed E-state index contributed by atoms with van der Waals surface area (Å²) in [6.07, 6.45) is 3.13. The highest BCUT2D eigenvalue weighted by molar-refractivity contribution is 6.00. The average molecular weight is 300 g/mol. The van der Waals surface area contributed by atoms with Gasteiger partial charge in [0.1, 0.15) is 11.4 Å². The largest absolute Gasteiger partial charge is 0.497 e. The van der Waals surface area contributed by atoms with Crippen LogP contribution in [0.5, 0.6) is 5.75 Å². The first-order chi connectivity index (χ1) is 10.5.